The Labute approximate surface area is 152 Å². The van der Waals surface area contributed by atoms with Gasteiger partial charge in [-0.15, -0.1) is 0 Å². The van der Waals surface area contributed by atoms with Gasteiger partial charge in [0.1, 0.15) is 0 Å². The number of hydrogen-bond acceptors (Lipinski definition) is 2. The van der Waals surface area contributed by atoms with E-state index in [0.29, 0.717) is 23.7 Å². The number of aromatic nitrogens is 1. The van der Waals surface area contributed by atoms with Crippen LogP contribution in [0.4, 0.5) is 5.69 Å². The number of carbonyl (C=O) groups is 2. The molecule has 1 aliphatic carbocycles. The Morgan fingerprint density at radius 3 is 2.58 bits per heavy atom. The van der Waals surface area contributed by atoms with Crippen molar-refractivity contribution in [2.75, 3.05) is 5.32 Å². The largest absolute Gasteiger partial charge is 0.353 e. The van der Waals surface area contributed by atoms with Crippen LogP contribution in [0.2, 0.25) is 0 Å². The summed E-state index contributed by atoms with van der Waals surface area (Å²) in [5, 5.41) is 6.84. The number of rotatable bonds is 5. The van der Waals surface area contributed by atoms with Crippen molar-refractivity contribution in [3.8, 4) is 0 Å². The summed E-state index contributed by atoms with van der Waals surface area (Å²) in [5.41, 5.74) is 3.33. The number of benzene rings is 2. The van der Waals surface area contributed by atoms with Crippen molar-refractivity contribution >= 4 is 28.4 Å². The molecule has 0 radical (unpaired) electrons. The molecule has 2 aromatic carbocycles. The Morgan fingerprint density at radius 2 is 1.85 bits per heavy atom. The third kappa shape index (κ3) is 3.47. The Balaban J connectivity index is 1.44. The van der Waals surface area contributed by atoms with Crippen LogP contribution in [0.25, 0.3) is 10.9 Å². The number of hydrogen-bond donors (Lipinski definition) is 2. The zero-order chi connectivity index (χ0) is 18.1. The fourth-order valence-electron chi connectivity index (χ4n) is 3.10. The van der Waals surface area contributed by atoms with Crippen LogP contribution in [0.3, 0.4) is 0 Å². The molecule has 4 rings (SSSR count). The number of carbonyl (C=O) groups excluding carboxylic acids is 2. The first-order valence-electron chi connectivity index (χ1n) is 8.84. The summed E-state index contributed by atoms with van der Waals surface area (Å²) >= 11 is 0. The van der Waals surface area contributed by atoms with Crippen LogP contribution in [0, 0.1) is 0 Å². The predicted molar refractivity (Wildman–Crippen MR) is 102 cm³/mol. The Kier molecular flexibility index (Phi) is 4.21. The van der Waals surface area contributed by atoms with Crippen LogP contribution in [-0.4, -0.2) is 22.4 Å². The molecule has 1 fully saturated rings. The highest BCUT2D eigenvalue weighted by Gasteiger charge is 2.23. The quantitative estimate of drug-likeness (QED) is 0.744. The molecular formula is C21H21N3O2. The minimum atomic E-state index is -0.138. The van der Waals surface area contributed by atoms with Crippen molar-refractivity contribution in [2.45, 2.75) is 25.3 Å². The first kappa shape index (κ1) is 16.4. The van der Waals surface area contributed by atoms with Crippen molar-refractivity contribution in [3.63, 3.8) is 0 Å². The van der Waals surface area contributed by atoms with Gasteiger partial charge < -0.3 is 15.2 Å². The summed E-state index contributed by atoms with van der Waals surface area (Å²) in [7, 11) is 1.96. The van der Waals surface area contributed by atoms with E-state index in [1.165, 1.54) is 0 Å². The molecule has 0 saturated heterocycles. The molecule has 0 aliphatic heterocycles. The molecule has 1 aromatic heterocycles. The second-order valence-corrected chi connectivity index (χ2v) is 6.83. The lowest BCUT2D eigenvalue weighted by Crippen LogP contribution is -2.26. The van der Waals surface area contributed by atoms with Gasteiger partial charge >= 0.3 is 0 Å². The van der Waals surface area contributed by atoms with E-state index < -0.39 is 0 Å². The Hall–Kier alpha value is -3.08. The molecule has 5 nitrogen and oxygen atoms in total. The molecule has 0 unspecified atom stereocenters. The summed E-state index contributed by atoms with van der Waals surface area (Å²) in [6, 6.07) is 15.5. The molecule has 3 aromatic rings. The monoisotopic (exact) mass is 347 g/mol. The molecule has 0 spiro atoms. The number of nitrogens with one attached hydrogen (secondary N) is 2. The predicted octanol–water partition coefficient (Wildman–Crippen LogP) is 3.25. The average Bonchev–Trinajstić information content (AvgIpc) is 3.36. The van der Waals surface area contributed by atoms with Crippen molar-refractivity contribution in [3.05, 3.63) is 65.9 Å². The van der Waals surface area contributed by atoms with Gasteiger partial charge in [-0.3, -0.25) is 9.59 Å². The zero-order valence-electron chi connectivity index (χ0n) is 14.7. The fourth-order valence-corrected chi connectivity index (χ4v) is 3.10. The number of anilines is 1. The highest BCUT2D eigenvalue weighted by Crippen LogP contribution is 2.21. The summed E-state index contributed by atoms with van der Waals surface area (Å²) in [5.74, 6) is -0.0823. The Bertz CT molecular complexity index is 969. The second-order valence-electron chi connectivity index (χ2n) is 6.83. The molecule has 1 heterocycles. The minimum Gasteiger partial charge on any atom is -0.353 e. The van der Waals surface area contributed by atoms with Gasteiger partial charge in [-0.25, -0.2) is 0 Å². The van der Waals surface area contributed by atoms with Crippen molar-refractivity contribution in [1.82, 2.24) is 9.88 Å². The van der Waals surface area contributed by atoms with Gasteiger partial charge in [0, 0.05) is 41.4 Å². The third-order valence-corrected chi connectivity index (χ3v) is 4.69. The average molecular weight is 347 g/mol. The van der Waals surface area contributed by atoms with Gasteiger partial charge in [-0.2, -0.15) is 0 Å². The lowest BCUT2D eigenvalue weighted by Gasteiger charge is -2.08. The summed E-state index contributed by atoms with van der Waals surface area (Å²) in [6.07, 6.45) is 4.49. The van der Waals surface area contributed by atoms with Crippen LogP contribution < -0.4 is 10.6 Å². The fraction of sp³-hybridized carbons (Fsp3) is 0.238. The highest BCUT2D eigenvalue weighted by atomic mass is 16.2. The van der Waals surface area contributed by atoms with Crippen LogP contribution in [0.5, 0.6) is 0 Å². The number of nitrogens with zero attached hydrogens (tertiary/aromatic N) is 1. The van der Waals surface area contributed by atoms with E-state index in [1.807, 2.05) is 66.3 Å². The maximum Gasteiger partial charge on any atom is 0.256 e. The smallest absolute Gasteiger partial charge is 0.256 e. The van der Waals surface area contributed by atoms with Gasteiger partial charge in [-0.05, 0) is 48.7 Å². The Morgan fingerprint density at radius 1 is 1.08 bits per heavy atom. The van der Waals surface area contributed by atoms with Gasteiger partial charge in [-0.1, -0.05) is 18.2 Å². The summed E-state index contributed by atoms with van der Waals surface area (Å²) in [4.78, 5) is 24.5. The van der Waals surface area contributed by atoms with Gasteiger partial charge in [0.2, 0.25) is 5.91 Å². The molecule has 0 bridgehead atoms. The lowest BCUT2D eigenvalue weighted by atomic mass is 10.1. The van der Waals surface area contributed by atoms with E-state index in [4.69, 9.17) is 0 Å². The first-order chi connectivity index (χ1) is 12.6. The standard InChI is InChI=1S/C21H21N3O2/c1-24-12-11-17-18(3-2-4-19(17)24)21(26)23-16-7-5-14(6-8-16)13-20(25)22-15-9-10-15/h2-8,11-12,15H,9-10,13H2,1H3,(H,22,25)(H,23,26). The highest BCUT2D eigenvalue weighted by molar-refractivity contribution is 6.12. The van der Waals surface area contributed by atoms with Gasteiger partial charge in [0.15, 0.2) is 0 Å². The van der Waals surface area contributed by atoms with Crippen LogP contribution >= 0.6 is 0 Å². The van der Waals surface area contributed by atoms with Crippen LogP contribution in [0.1, 0.15) is 28.8 Å². The molecule has 2 amide bonds. The molecule has 26 heavy (non-hydrogen) atoms. The molecule has 1 aliphatic rings. The SMILES string of the molecule is Cn1ccc2c(C(=O)Nc3ccc(CC(=O)NC4CC4)cc3)cccc21. The van der Waals surface area contributed by atoms with Crippen molar-refractivity contribution in [1.29, 1.82) is 0 Å². The van der Waals surface area contributed by atoms with E-state index >= 15 is 0 Å². The van der Waals surface area contributed by atoms with Crippen LogP contribution in [0.15, 0.2) is 54.7 Å². The normalized spacial score (nSPS) is 13.6. The summed E-state index contributed by atoms with van der Waals surface area (Å²) < 4.78 is 1.99. The number of amides is 2. The minimum absolute atomic E-state index is 0.0556. The van der Waals surface area contributed by atoms with Gasteiger partial charge in [0.25, 0.3) is 5.91 Å². The maximum absolute atomic E-state index is 12.6. The topological polar surface area (TPSA) is 63.1 Å². The summed E-state index contributed by atoms with van der Waals surface area (Å²) in [6.45, 7) is 0. The van der Waals surface area contributed by atoms with Crippen molar-refractivity contribution in [2.24, 2.45) is 7.05 Å². The molecule has 0 atom stereocenters. The molecule has 5 heteroatoms. The number of aryl methyl sites for hydroxylation is 1. The maximum atomic E-state index is 12.6. The molecule has 2 N–H and O–H groups in total. The molecule has 1 saturated carbocycles. The third-order valence-electron chi connectivity index (χ3n) is 4.69. The van der Waals surface area contributed by atoms with E-state index in [9.17, 15) is 9.59 Å². The van der Waals surface area contributed by atoms with Crippen molar-refractivity contribution < 1.29 is 9.59 Å². The van der Waals surface area contributed by atoms with Gasteiger partial charge in [0.05, 0.1) is 6.42 Å². The second kappa shape index (κ2) is 6.67. The van der Waals surface area contributed by atoms with E-state index in [-0.39, 0.29) is 11.8 Å². The van der Waals surface area contributed by atoms with E-state index in [2.05, 4.69) is 10.6 Å². The number of fused-ring (bicyclic) bond motifs is 1. The van der Waals surface area contributed by atoms with E-state index in [0.717, 1.165) is 29.3 Å². The first-order valence-corrected chi connectivity index (χ1v) is 8.84. The zero-order valence-corrected chi connectivity index (χ0v) is 14.7. The molecular weight excluding hydrogens is 326 g/mol. The lowest BCUT2D eigenvalue weighted by molar-refractivity contribution is -0.120. The van der Waals surface area contributed by atoms with E-state index in [1.54, 1.807) is 0 Å². The van der Waals surface area contributed by atoms with Crippen LogP contribution in [-0.2, 0) is 18.3 Å². The molecule has 132 valence electrons.